The van der Waals surface area contributed by atoms with Gasteiger partial charge >= 0.3 is 10.3 Å². The lowest BCUT2D eigenvalue weighted by atomic mass is 9.94. The Bertz CT molecular complexity index is 239. The largest absolute Gasteiger partial charge is 0.335 e. The fraction of sp³-hybridized carbons (Fsp3) is 1.00. The standard InChI is InChI=1S/C7H15NO3S/c1-6-3-7(2)5-8(4-6)12(9,10)11/h6-7H,3-5H2,1-2H3,(H,9,10,11). The van der Waals surface area contributed by atoms with Crippen molar-refractivity contribution in [1.82, 2.24) is 4.31 Å². The highest BCUT2D eigenvalue weighted by atomic mass is 32.2. The minimum absolute atomic E-state index is 0.343. The van der Waals surface area contributed by atoms with Crippen molar-refractivity contribution in [3.63, 3.8) is 0 Å². The molecule has 0 saturated carbocycles. The Morgan fingerprint density at radius 3 is 2.00 bits per heavy atom. The summed E-state index contributed by atoms with van der Waals surface area (Å²) in [6.45, 7) is 4.88. The molecular weight excluding hydrogens is 178 g/mol. The van der Waals surface area contributed by atoms with Crippen molar-refractivity contribution in [3.8, 4) is 0 Å². The van der Waals surface area contributed by atoms with E-state index in [9.17, 15) is 8.42 Å². The molecule has 0 aromatic carbocycles. The van der Waals surface area contributed by atoms with E-state index in [-0.39, 0.29) is 0 Å². The summed E-state index contributed by atoms with van der Waals surface area (Å²) in [5, 5.41) is 0. The fourth-order valence-electron chi connectivity index (χ4n) is 1.79. The normalized spacial score (nSPS) is 33.6. The highest BCUT2D eigenvalue weighted by Gasteiger charge is 2.28. The molecule has 0 radical (unpaired) electrons. The molecule has 0 amide bonds. The molecule has 1 aliphatic rings. The van der Waals surface area contributed by atoms with Gasteiger partial charge in [-0.05, 0) is 18.3 Å². The zero-order chi connectivity index (χ0) is 9.35. The van der Waals surface area contributed by atoms with Crippen LogP contribution in [0.4, 0.5) is 0 Å². The summed E-state index contributed by atoms with van der Waals surface area (Å²) < 4.78 is 31.4. The van der Waals surface area contributed by atoms with Crippen LogP contribution < -0.4 is 0 Å². The molecule has 0 bridgehead atoms. The van der Waals surface area contributed by atoms with Crippen molar-refractivity contribution in [2.45, 2.75) is 20.3 Å². The topological polar surface area (TPSA) is 57.6 Å². The van der Waals surface area contributed by atoms with E-state index in [0.29, 0.717) is 24.9 Å². The second kappa shape index (κ2) is 3.32. The summed E-state index contributed by atoms with van der Waals surface area (Å²) >= 11 is 0. The molecule has 0 aliphatic carbocycles. The quantitative estimate of drug-likeness (QED) is 0.626. The van der Waals surface area contributed by atoms with Crippen LogP contribution in [-0.4, -0.2) is 30.4 Å². The van der Waals surface area contributed by atoms with E-state index in [4.69, 9.17) is 4.55 Å². The van der Waals surface area contributed by atoms with Crippen LogP contribution in [-0.2, 0) is 10.3 Å². The Kier molecular flexibility index (Phi) is 2.75. The minimum Gasteiger partial charge on any atom is -0.273 e. The van der Waals surface area contributed by atoms with E-state index in [1.165, 1.54) is 0 Å². The van der Waals surface area contributed by atoms with Gasteiger partial charge in [-0.15, -0.1) is 0 Å². The lowest BCUT2D eigenvalue weighted by Gasteiger charge is -2.31. The first-order valence-corrected chi connectivity index (χ1v) is 5.52. The van der Waals surface area contributed by atoms with Gasteiger partial charge in [-0.2, -0.15) is 12.7 Å². The van der Waals surface area contributed by atoms with Crippen molar-refractivity contribution in [3.05, 3.63) is 0 Å². The number of nitrogens with zero attached hydrogens (tertiary/aromatic N) is 1. The average molecular weight is 193 g/mol. The second-order valence-electron chi connectivity index (χ2n) is 3.74. The molecule has 2 atom stereocenters. The van der Waals surface area contributed by atoms with Crippen molar-refractivity contribution in [1.29, 1.82) is 0 Å². The Labute approximate surface area is 73.4 Å². The fourth-order valence-corrected chi connectivity index (χ4v) is 2.68. The third kappa shape index (κ3) is 2.43. The Hall–Kier alpha value is -0.130. The maximum atomic E-state index is 10.8. The molecule has 0 spiro atoms. The molecule has 1 heterocycles. The summed E-state index contributed by atoms with van der Waals surface area (Å²) in [7, 11) is -3.96. The molecule has 2 unspecified atom stereocenters. The highest BCUT2D eigenvalue weighted by molar-refractivity contribution is 7.83. The van der Waals surface area contributed by atoms with E-state index in [0.717, 1.165) is 10.7 Å². The van der Waals surface area contributed by atoms with Crippen LogP contribution in [0.15, 0.2) is 0 Å². The molecule has 1 rings (SSSR count). The van der Waals surface area contributed by atoms with Crippen LogP contribution in [0.2, 0.25) is 0 Å². The van der Waals surface area contributed by atoms with Gasteiger partial charge in [0.2, 0.25) is 0 Å². The molecule has 4 nitrogen and oxygen atoms in total. The van der Waals surface area contributed by atoms with Crippen molar-refractivity contribution in [2.24, 2.45) is 11.8 Å². The van der Waals surface area contributed by atoms with Crippen LogP contribution in [0, 0.1) is 11.8 Å². The van der Waals surface area contributed by atoms with Crippen LogP contribution >= 0.6 is 0 Å². The van der Waals surface area contributed by atoms with Gasteiger partial charge in [-0.1, -0.05) is 13.8 Å². The van der Waals surface area contributed by atoms with Gasteiger partial charge in [0.15, 0.2) is 0 Å². The van der Waals surface area contributed by atoms with Crippen LogP contribution in [0.3, 0.4) is 0 Å². The maximum absolute atomic E-state index is 10.8. The first-order chi connectivity index (χ1) is 5.39. The van der Waals surface area contributed by atoms with Crippen LogP contribution in [0.25, 0.3) is 0 Å². The van der Waals surface area contributed by atoms with Gasteiger partial charge in [0.1, 0.15) is 0 Å². The molecule has 0 aromatic rings. The lowest BCUT2D eigenvalue weighted by molar-refractivity contribution is 0.207. The van der Waals surface area contributed by atoms with Crippen molar-refractivity contribution in [2.75, 3.05) is 13.1 Å². The van der Waals surface area contributed by atoms with Gasteiger partial charge in [0.05, 0.1) is 0 Å². The first-order valence-electron chi connectivity index (χ1n) is 4.12. The van der Waals surface area contributed by atoms with E-state index in [2.05, 4.69) is 0 Å². The lowest BCUT2D eigenvalue weighted by Crippen LogP contribution is -2.42. The maximum Gasteiger partial charge on any atom is 0.335 e. The van der Waals surface area contributed by atoms with Gasteiger partial charge in [-0.25, -0.2) is 0 Å². The summed E-state index contributed by atoms with van der Waals surface area (Å²) in [5.74, 6) is 0.686. The molecule has 5 heteroatoms. The van der Waals surface area contributed by atoms with Gasteiger partial charge in [0, 0.05) is 13.1 Å². The van der Waals surface area contributed by atoms with Crippen molar-refractivity contribution >= 4 is 10.3 Å². The summed E-state index contributed by atoms with van der Waals surface area (Å²) in [6.07, 6.45) is 1.03. The smallest absolute Gasteiger partial charge is 0.273 e. The summed E-state index contributed by atoms with van der Waals surface area (Å²) in [4.78, 5) is 0. The molecule has 1 saturated heterocycles. The van der Waals surface area contributed by atoms with E-state index in [1.54, 1.807) is 0 Å². The summed E-state index contributed by atoms with van der Waals surface area (Å²) in [5.41, 5.74) is 0. The van der Waals surface area contributed by atoms with Crippen LogP contribution in [0.5, 0.6) is 0 Å². The zero-order valence-corrected chi connectivity index (χ0v) is 8.21. The van der Waals surface area contributed by atoms with E-state index in [1.807, 2.05) is 13.8 Å². The molecule has 0 aromatic heterocycles. The third-order valence-electron chi connectivity index (χ3n) is 2.16. The molecule has 72 valence electrons. The van der Waals surface area contributed by atoms with E-state index >= 15 is 0 Å². The third-order valence-corrected chi connectivity index (χ3v) is 3.11. The van der Waals surface area contributed by atoms with Gasteiger partial charge < -0.3 is 0 Å². The first kappa shape index (κ1) is 9.95. The average Bonchev–Trinajstić information content (AvgIpc) is 1.82. The predicted octanol–water partition coefficient (Wildman–Crippen LogP) is 0.767. The molecular formula is C7H15NO3S. The Balaban J connectivity index is 2.68. The zero-order valence-electron chi connectivity index (χ0n) is 7.40. The van der Waals surface area contributed by atoms with Gasteiger partial charge in [-0.3, -0.25) is 4.55 Å². The number of hydrogen-bond acceptors (Lipinski definition) is 2. The Morgan fingerprint density at radius 1 is 1.25 bits per heavy atom. The molecule has 1 N–H and O–H groups in total. The van der Waals surface area contributed by atoms with Gasteiger partial charge in [0.25, 0.3) is 0 Å². The molecule has 1 fully saturated rings. The minimum atomic E-state index is -3.96. The van der Waals surface area contributed by atoms with E-state index < -0.39 is 10.3 Å². The second-order valence-corrected chi connectivity index (χ2v) is 5.15. The molecule has 12 heavy (non-hydrogen) atoms. The van der Waals surface area contributed by atoms with Crippen molar-refractivity contribution < 1.29 is 13.0 Å². The SMILES string of the molecule is CC1CC(C)CN(S(=O)(=O)O)C1. The van der Waals surface area contributed by atoms with Crippen LogP contribution in [0.1, 0.15) is 20.3 Å². The Morgan fingerprint density at radius 2 is 1.67 bits per heavy atom. The molecule has 1 aliphatic heterocycles. The number of rotatable bonds is 1. The number of hydrogen-bond donors (Lipinski definition) is 1. The summed E-state index contributed by atoms with van der Waals surface area (Å²) in [6, 6.07) is 0. The highest BCUT2D eigenvalue weighted by Crippen LogP contribution is 2.22. The monoisotopic (exact) mass is 193 g/mol. The number of piperidine rings is 1. The predicted molar refractivity (Wildman–Crippen MR) is 46.1 cm³/mol.